The lowest BCUT2D eigenvalue weighted by atomic mass is 10.1. The smallest absolute Gasteiger partial charge is 0.359 e. The minimum Gasteiger partial charge on any atom is -0.478 e. The van der Waals surface area contributed by atoms with Crippen LogP contribution in [0, 0.1) is 0 Å². The summed E-state index contributed by atoms with van der Waals surface area (Å²) in [5, 5.41) is 16.6. The fourth-order valence-electron chi connectivity index (χ4n) is 1.30. The lowest BCUT2D eigenvalue weighted by Gasteiger charge is -2.25. The highest BCUT2D eigenvalue weighted by atomic mass is 32.9. The Bertz CT molecular complexity index is 556. The van der Waals surface area contributed by atoms with E-state index < -0.39 is 46.8 Å². The van der Waals surface area contributed by atoms with Crippen molar-refractivity contribution in [2.45, 2.75) is 31.1 Å². The van der Waals surface area contributed by atoms with Gasteiger partial charge in [0, 0.05) is 14.2 Å². The molecule has 0 aliphatic rings. The van der Waals surface area contributed by atoms with E-state index in [0.29, 0.717) is 18.3 Å². The fraction of sp³-hybridized carbons (Fsp3) is 0.667. The maximum Gasteiger partial charge on any atom is 0.359 e. The number of esters is 2. The van der Waals surface area contributed by atoms with Crippen LogP contribution in [-0.4, -0.2) is 65.8 Å². The molecular formula is C12H19O10PS2. The van der Waals surface area contributed by atoms with Crippen LogP contribution in [0.4, 0.5) is 0 Å². The molecule has 0 aliphatic carbocycles. The molecule has 144 valence electrons. The van der Waals surface area contributed by atoms with E-state index in [1.807, 2.05) is 0 Å². The average Bonchev–Trinajstić information content (AvgIpc) is 2.53. The van der Waals surface area contributed by atoms with Crippen molar-refractivity contribution < 1.29 is 47.9 Å². The van der Waals surface area contributed by atoms with Crippen LogP contribution in [0.3, 0.4) is 0 Å². The molecule has 0 amide bonds. The lowest BCUT2D eigenvalue weighted by Crippen LogP contribution is -2.49. The molecular weight excluding hydrogens is 399 g/mol. The van der Waals surface area contributed by atoms with E-state index in [1.165, 1.54) is 14.2 Å². The molecule has 25 heavy (non-hydrogen) atoms. The Morgan fingerprint density at radius 1 is 1.16 bits per heavy atom. The molecule has 10 nitrogen and oxygen atoms in total. The number of ether oxygens (including phenoxy) is 2. The molecule has 0 aromatic rings. The van der Waals surface area contributed by atoms with E-state index in [4.69, 9.17) is 35.8 Å². The predicted octanol–water partition coefficient (Wildman–Crippen LogP) is 1.03. The normalized spacial score (nSPS) is 13.0. The summed E-state index contributed by atoms with van der Waals surface area (Å²) in [7, 11) is 2.48. The summed E-state index contributed by atoms with van der Waals surface area (Å²) in [6, 6.07) is 0. The third-order valence-electron chi connectivity index (χ3n) is 2.74. The van der Waals surface area contributed by atoms with Crippen molar-refractivity contribution in [3.05, 3.63) is 0 Å². The Kier molecular flexibility index (Phi) is 9.59. The summed E-state index contributed by atoms with van der Waals surface area (Å²) < 4.78 is 19.4. The largest absolute Gasteiger partial charge is 0.478 e. The molecule has 0 saturated carbocycles. The van der Waals surface area contributed by atoms with Gasteiger partial charge in [-0.25, -0.2) is 9.59 Å². The van der Waals surface area contributed by atoms with Gasteiger partial charge in [0.05, 0.1) is 13.0 Å². The number of rotatable bonds is 11. The number of carbonyl (C=O) groups excluding carboxylic acids is 2. The second-order valence-electron chi connectivity index (χ2n) is 4.48. The molecule has 0 aromatic heterocycles. The zero-order valence-corrected chi connectivity index (χ0v) is 16.4. The molecule has 0 rings (SSSR count). The Balaban J connectivity index is 5.54. The second-order valence-corrected chi connectivity index (χ2v) is 11.1. The highest BCUT2D eigenvalue weighted by molar-refractivity contribution is 8.68. The number of carboxylic acids is 2. The lowest BCUT2D eigenvalue weighted by molar-refractivity contribution is -0.188. The van der Waals surface area contributed by atoms with Gasteiger partial charge in [0.15, 0.2) is 0 Å². The number of hydrogen-bond acceptors (Lipinski definition) is 10. The first-order valence-corrected chi connectivity index (χ1v) is 10.8. The molecule has 13 heteroatoms. The molecule has 0 radical (unpaired) electrons. The highest BCUT2D eigenvalue weighted by Gasteiger charge is 2.48. The summed E-state index contributed by atoms with van der Waals surface area (Å²) in [5.74, 6) is -5.82. The zero-order valence-electron chi connectivity index (χ0n) is 13.9. The van der Waals surface area contributed by atoms with Crippen LogP contribution in [0.5, 0.6) is 0 Å². The van der Waals surface area contributed by atoms with Crippen LogP contribution in [0.1, 0.15) is 20.3 Å². The third-order valence-corrected chi connectivity index (χ3v) is 8.61. The number of hydrogen-bond donors (Lipinski definition) is 2. The highest BCUT2D eigenvalue weighted by Crippen LogP contribution is 2.62. The fourth-order valence-corrected chi connectivity index (χ4v) is 5.14. The van der Waals surface area contributed by atoms with Gasteiger partial charge in [-0.05, 0) is 25.7 Å². The zero-order chi connectivity index (χ0) is 19.8. The third kappa shape index (κ3) is 6.90. The summed E-state index contributed by atoms with van der Waals surface area (Å²) >= 11 is 5.74. The van der Waals surface area contributed by atoms with E-state index in [1.54, 1.807) is 6.92 Å². The van der Waals surface area contributed by atoms with Crippen molar-refractivity contribution in [2.24, 2.45) is 0 Å². The molecule has 2 N–H and O–H groups in total. The van der Waals surface area contributed by atoms with Gasteiger partial charge >= 0.3 is 29.5 Å². The van der Waals surface area contributed by atoms with Gasteiger partial charge in [-0.1, -0.05) is 11.4 Å². The first-order chi connectivity index (χ1) is 11.5. The average molecular weight is 418 g/mol. The van der Waals surface area contributed by atoms with Gasteiger partial charge in [0.25, 0.3) is 0 Å². The first-order valence-electron chi connectivity index (χ1n) is 6.70. The van der Waals surface area contributed by atoms with Crippen LogP contribution in [0.25, 0.3) is 0 Å². The number of carboxylic acid groups (broad SMARTS) is 2. The van der Waals surface area contributed by atoms with Crippen molar-refractivity contribution in [1.29, 1.82) is 0 Å². The Morgan fingerprint density at radius 2 is 1.64 bits per heavy atom. The molecule has 1 unspecified atom stereocenters. The first kappa shape index (κ1) is 23.8. The van der Waals surface area contributed by atoms with E-state index in [2.05, 4.69) is 4.74 Å². The minimum atomic E-state index is -3.03. The van der Waals surface area contributed by atoms with Crippen molar-refractivity contribution in [1.82, 2.24) is 0 Å². The van der Waals surface area contributed by atoms with Crippen LogP contribution >= 0.6 is 17.1 Å². The molecule has 1 atom stereocenters. The maximum absolute atomic E-state index is 12.3. The molecule has 0 fully saturated rings. The van der Waals surface area contributed by atoms with E-state index in [0.717, 1.165) is 0 Å². The van der Waals surface area contributed by atoms with Gasteiger partial charge in [-0.15, -0.1) is 0 Å². The Morgan fingerprint density at radius 3 is 2.00 bits per heavy atom. The molecule has 0 aromatic carbocycles. The topological polar surface area (TPSA) is 146 Å². The van der Waals surface area contributed by atoms with Crippen molar-refractivity contribution in [2.75, 3.05) is 20.8 Å². The van der Waals surface area contributed by atoms with Crippen LogP contribution in [-0.2, 0) is 49.5 Å². The monoisotopic (exact) mass is 418 g/mol. The van der Waals surface area contributed by atoms with E-state index in [-0.39, 0.29) is 6.61 Å². The number of aliphatic carboxylic acids is 2. The summed E-state index contributed by atoms with van der Waals surface area (Å²) in [6.07, 6.45) is -0.530. The van der Waals surface area contributed by atoms with Gasteiger partial charge < -0.3 is 28.7 Å². The molecule has 0 aliphatic heterocycles. The Labute approximate surface area is 153 Å². The summed E-state index contributed by atoms with van der Waals surface area (Å²) in [5.41, 5.74) is -5.86. The van der Waals surface area contributed by atoms with Crippen molar-refractivity contribution in [3.63, 3.8) is 0 Å². The van der Waals surface area contributed by atoms with E-state index in [9.17, 15) is 19.2 Å². The maximum atomic E-state index is 12.3. The minimum absolute atomic E-state index is 0.0515. The van der Waals surface area contributed by atoms with Crippen molar-refractivity contribution >= 4 is 52.8 Å². The number of carbonyl (C=O) groups is 4. The molecule has 0 heterocycles. The molecule has 0 saturated heterocycles. The molecule has 0 spiro atoms. The predicted molar refractivity (Wildman–Crippen MR) is 90.7 cm³/mol. The molecule has 0 bridgehead atoms. The van der Waals surface area contributed by atoms with Crippen LogP contribution in [0.2, 0.25) is 0 Å². The van der Waals surface area contributed by atoms with Gasteiger partial charge in [-0.3, -0.25) is 9.59 Å². The summed E-state index contributed by atoms with van der Waals surface area (Å²) in [4.78, 5) is 46.2. The SMILES string of the molecule is CCOC(=O)CC(SP(=S)(OC)OC)C(=O)OC(C)(C(=O)O)C(=O)O. The van der Waals surface area contributed by atoms with Crippen molar-refractivity contribution in [3.8, 4) is 0 Å². The standard InChI is InChI=1S/C12H19O10PS2/c1-5-21-8(13)6-7(25-23(24,19-3)20-4)9(14)22-12(2,10(15)16)11(17)18/h7H,5-6H2,1-4H3,(H,15,16)(H,17,18). The van der Waals surface area contributed by atoms with Crippen LogP contribution < -0.4 is 0 Å². The quantitative estimate of drug-likeness (QED) is 0.281. The van der Waals surface area contributed by atoms with Gasteiger partial charge in [-0.2, -0.15) is 0 Å². The van der Waals surface area contributed by atoms with Gasteiger partial charge in [0.2, 0.25) is 5.69 Å². The summed E-state index contributed by atoms with van der Waals surface area (Å²) in [6.45, 7) is 2.30. The van der Waals surface area contributed by atoms with Gasteiger partial charge in [0.1, 0.15) is 5.25 Å². The second kappa shape index (κ2) is 10.1. The Hall–Kier alpha value is -1.20. The van der Waals surface area contributed by atoms with E-state index >= 15 is 0 Å². The van der Waals surface area contributed by atoms with Crippen LogP contribution in [0.15, 0.2) is 0 Å².